The first kappa shape index (κ1) is 6.13. The summed E-state index contributed by atoms with van der Waals surface area (Å²) < 4.78 is 4.81. The molecule has 0 N–H and O–H groups in total. The van der Waals surface area contributed by atoms with Crippen molar-refractivity contribution < 1.29 is 4.18 Å². The first-order valence-electron chi connectivity index (χ1n) is 2.16. The van der Waals surface area contributed by atoms with E-state index in [2.05, 4.69) is 0 Å². The molecule has 1 aromatic heterocycles. The smallest absolute Gasteiger partial charge is 0.0508 e. The lowest BCUT2D eigenvalue weighted by Gasteiger charge is -1.87. The molecule has 1 aromatic rings. The van der Waals surface area contributed by atoms with Gasteiger partial charge in [0.15, 0.2) is 0 Å². The van der Waals surface area contributed by atoms with Crippen molar-refractivity contribution in [2.75, 3.05) is 7.11 Å². The van der Waals surface area contributed by atoms with Crippen LogP contribution in [0, 0.1) is 0 Å². The lowest BCUT2D eigenvalue weighted by Crippen LogP contribution is -1.61. The SMILES string of the molecule is COSc1ccsc1. The third-order valence-electron chi connectivity index (χ3n) is 0.675. The Balaban J connectivity index is 2.50. The van der Waals surface area contributed by atoms with Crippen LogP contribution in [0.2, 0.25) is 0 Å². The molecule has 0 fully saturated rings. The molecule has 0 spiro atoms. The predicted octanol–water partition coefficient (Wildman–Crippen LogP) is 2.40. The summed E-state index contributed by atoms with van der Waals surface area (Å²) in [5.41, 5.74) is 0. The van der Waals surface area contributed by atoms with Gasteiger partial charge in [-0.1, -0.05) is 0 Å². The Labute approximate surface area is 56.9 Å². The van der Waals surface area contributed by atoms with E-state index < -0.39 is 0 Å². The van der Waals surface area contributed by atoms with E-state index in [-0.39, 0.29) is 0 Å². The van der Waals surface area contributed by atoms with Gasteiger partial charge in [-0.2, -0.15) is 11.3 Å². The molecule has 8 heavy (non-hydrogen) atoms. The van der Waals surface area contributed by atoms with Crippen molar-refractivity contribution in [2.45, 2.75) is 4.90 Å². The van der Waals surface area contributed by atoms with Crippen molar-refractivity contribution >= 4 is 23.4 Å². The fourth-order valence-electron chi connectivity index (χ4n) is 0.396. The zero-order chi connectivity index (χ0) is 5.82. The van der Waals surface area contributed by atoms with Crippen molar-refractivity contribution in [3.05, 3.63) is 16.8 Å². The minimum absolute atomic E-state index is 1.18. The topological polar surface area (TPSA) is 9.23 Å². The first-order chi connectivity index (χ1) is 3.93. The van der Waals surface area contributed by atoms with Crippen LogP contribution in [0.5, 0.6) is 0 Å². The molecule has 1 heterocycles. The van der Waals surface area contributed by atoms with Crippen LogP contribution in [0.3, 0.4) is 0 Å². The summed E-state index contributed by atoms with van der Waals surface area (Å²) in [5, 5.41) is 4.08. The lowest BCUT2D eigenvalue weighted by molar-refractivity contribution is 0.490. The average Bonchev–Trinajstić information content (AvgIpc) is 2.19. The van der Waals surface area contributed by atoms with E-state index in [1.807, 2.05) is 16.8 Å². The summed E-state index contributed by atoms with van der Waals surface area (Å²) in [6, 6.07) is 2.03. The summed E-state index contributed by atoms with van der Waals surface area (Å²) in [4.78, 5) is 1.18. The van der Waals surface area contributed by atoms with E-state index in [0.717, 1.165) is 0 Å². The van der Waals surface area contributed by atoms with E-state index in [1.165, 1.54) is 16.9 Å². The monoisotopic (exact) mass is 146 g/mol. The molecule has 0 aliphatic carbocycles. The van der Waals surface area contributed by atoms with Crippen molar-refractivity contribution in [2.24, 2.45) is 0 Å². The standard InChI is InChI=1S/C5H6OS2/c1-6-8-5-2-3-7-4-5/h2-4H,1H3. The molecule has 0 unspecified atom stereocenters. The molecule has 0 atom stereocenters. The van der Waals surface area contributed by atoms with Crippen LogP contribution in [0.4, 0.5) is 0 Å². The molecule has 3 heteroatoms. The summed E-state index contributed by atoms with van der Waals surface area (Å²) in [6.07, 6.45) is 0. The van der Waals surface area contributed by atoms with Gasteiger partial charge in [0, 0.05) is 22.3 Å². The molecule has 0 aliphatic rings. The molecule has 44 valence electrons. The maximum atomic E-state index is 4.81. The molecule has 1 nitrogen and oxygen atoms in total. The fraction of sp³-hybridized carbons (Fsp3) is 0.200. The molecular formula is C5H6OS2. The Morgan fingerprint density at radius 2 is 2.62 bits per heavy atom. The van der Waals surface area contributed by atoms with Gasteiger partial charge < -0.3 is 4.18 Å². The van der Waals surface area contributed by atoms with Gasteiger partial charge in [-0.25, -0.2) is 0 Å². The van der Waals surface area contributed by atoms with Gasteiger partial charge in [0.2, 0.25) is 0 Å². The van der Waals surface area contributed by atoms with Gasteiger partial charge in [0.05, 0.1) is 7.11 Å². The van der Waals surface area contributed by atoms with Crippen molar-refractivity contribution in [3.63, 3.8) is 0 Å². The minimum atomic E-state index is 1.18. The highest BCUT2D eigenvalue weighted by Crippen LogP contribution is 2.19. The van der Waals surface area contributed by atoms with Crippen LogP contribution < -0.4 is 0 Å². The maximum Gasteiger partial charge on any atom is 0.0508 e. The molecule has 0 aromatic carbocycles. The van der Waals surface area contributed by atoms with Crippen LogP contribution in [-0.4, -0.2) is 7.11 Å². The Morgan fingerprint density at radius 3 is 3.12 bits per heavy atom. The summed E-state index contributed by atoms with van der Waals surface area (Å²) in [7, 11) is 1.67. The van der Waals surface area contributed by atoms with Gasteiger partial charge in [-0.05, 0) is 11.4 Å². The van der Waals surface area contributed by atoms with Gasteiger partial charge >= 0.3 is 0 Å². The van der Waals surface area contributed by atoms with Gasteiger partial charge in [-0.3, -0.25) is 0 Å². The van der Waals surface area contributed by atoms with Crippen LogP contribution >= 0.6 is 23.4 Å². The largest absolute Gasteiger partial charge is 0.314 e. The number of rotatable bonds is 2. The Bertz CT molecular complexity index is 136. The van der Waals surface area contributed by atoms with Gasteiger partial charge in [-0.15, -0.1) is 0 Å². The van der Waals surface area contributed by atoms with Crippen molar-refractivity contribution in [1.29, 1.82) is 0 Å². The Kier molecular flexibility index (Phi) is 2.39. The summed E-state index contributed by atoms with van der Waals surface area (Å²) >= 11 is 3.07. The van der Waals surface area contributed by atoms with E-state index >= 15 is 0 Å². The zero-order valence-electron chi connectivity index (χ0n) is 4.46. The zero-order valence-corrected chi connectivity index (χ0v) is 6.09. The van der Waals surface area contributed by atoms with Crippen LogP contribution in [-0.2, 0) is 4.18 Å². The van der Waals surface area contributed by atoms with Crippen LogP contribution in [0.1, 0.15) is 0 Å². The second-order valence-corrected chi connectivity index (χ2v) is 2.96. The summed E-state index contributed by atoms with van der Waals surface area (Å²) in [5.74, 6) is 0. The highest BCUT2D eigenvalue weighted by atomic mass is 32.2. The van der Waals surface area contributed by atoms with Gasteiger partial charge in [0.25, 0.3) is 0 Å². The molecule has 0 saturated carbocycles. The van der Waals surface area contributed by atoms with E-state index in [0.29, 0.717) is 0 Å². The normalized spacial score (nSPS) is 9.62. The Hall–Kier alpha value is 0.01000. The molecule has 0 aliphatic heterocycles. The third kappa shape index (κ3) is 1.51. The third-order valence-corrected chi connectivity index (χ3v) is 2.12. The molecule has 0 saturated heterocycles. The highest BCUT2D eigenvalue weighted by molar-refractivity contribution is 7.94. The Morgan fingerprint density at radius 1 is 1.75 bits per heavy atom. The van der Waals surface area contributed by atoms with Crippen LogP contribution in [0.15, 0.2) is 21.7 Å². The molecule has 0 amide bonds. The van der Waals surface area contributed by atoms with Crippen molar-refractivity contribution in [3.8, 4) is 0 Å². The lowest BCUT2D eigenvalue weighted by atomic mass is 10.7. The van der Waals surface area contributed by atoms with Crippen molar-refractivity contribution in [1.82, 2.24) is 0 Å². The number of hydrogen-bond acceptors (Lipinski definition) is 3. The predicted molar refractivity (Wildman–Crippen MR) is 37.2 cm³/mol. The molecule has 0 bridgehead atoms. The minimum Gasteiger partial charge on any atom is -0.314 e. The van der Waals surface area contributed by atoms with E-state index in [9.17, 15) is 0 Å². The number of hydrogen-bond donors (Lipinski definition) is 0. The summed E-state index contributed by atoms with van der Waals surface area (Å²) in [6.45, 7) is 0. The highest BCUT2D eigenvalue weighted by Gasteiger charge is 1.88. The molecule has 0 radical (unpaired) electrons. The maximum absolute atomic E-state index is 4.81. The van der Waals surface area contributed by atoms with Gasteiger partial charge in [0.1, 0.15) is 0 Å². The molecule has 1 rings (SSSR count). The number of thiophene rings is 1. The van der Waals surface area contributed by atoms with E-state index in [4.69, 9.17) is 4.18 Å². The molecular weight excluding hydrogens is 140 g/mol. The quantitative estimate of drug-likeness (QED) is 0.592. The second-order valence-electron chi connectivity index (χ2n) is 1.21. The fourth-order valence-corrected chi connectivity index (χ4v) is 1.64. The van der Waals surface area contributed by atoms with E-state index in [1.54, 1.807) is 18.4 Å². The first-order valence-corrected chi connectivity index (χ1v) is 3.85. The average molecular weight is 146 g/mol. The van der Waals surface area contributed by atoms with Crippen LogP contribution in [0.25, 0.3) is 0 Å². The second kappa shape index (κ2) is 3.12.